The number of carbonyl (C=O) groups is 2. The number of nitrogens with zero attached hydrogens (tertiary/aromatic N) is 1. The van der Waals surface area contributed by atoms with Crippen LogP contribution in [0.2, 0.25) is 0 Å². The quantitative estimate of drug-likeness (QED) is 0.619. The maximum absolute atomic E-state index is 13.3. The number of hydrogen-bond acceptors (Lipinski definition) is 5. The molecule has 8 heteroatoms. The van der Waals surface area contributed by atoms with Crippen molar-refractivity contribution in [2.45, 2.75) is 55.4 Å². The molecule has 1 N–H and O–H groups in total. The molecule has 4 bridgehead atoms. The van der Waals surface area contributed by atoms with Crippen LogP contribution >= 0.6 is 0 Å². The second-order valence-corrected chi connectivity index (χ2v) is 12.7. The molecule has 0 radical (unpaired) electrons. The summed E-state index contributed by atoms with van der Waals surface area (Å²) in [6.07, 6.45) is 7.58. The lowest BCUT2D eigenvalue weighted by molar-refractivity contribution is -0.130. The SMILES string of the molecule is O=C(COC(=O)c1cccc(S(=O)(=O)N2CCc3ccccc32)c1)NC12CC3CC(CC(C3)C1)C2. The van der Waals surface area contributed by atoms with Gasteiger partial charge in [0, 0.05) is 12.1 Å². The maximum atomic E-state index is 13.3. The minimum absolute atomic E-state index is 0.0293. The van der Waals surface area contributed by atoms with E-state index in [1.807, 2.05) is 18.2 Å². The van der Waals surface area contributed by atoms with Gasteiger partial charge in [0.15, 0.2) is 6.61 Å². The lowest BCUT2D eigenvalue weighted by Gasteiger charge is -2.56. The van der Waals surface area contributed by atoms with Gasteiger partial charge in [0.25, 0.3) is 15.9 Å². The molecule has 4 saturated carbocycles. The fraction of sp³-hybridized carbons (Fsp3) is 0.481. The first-order valence-corrected chi connectivity index (χ1v) is 13.9. The molecule has 7 rings (SSSR count). The van der Waals surface area contributed by atoms with E-state index in [1.54, 1.807) is 6.07 Å². The summed E-state index contributed by atoms with van der Waals surface area (Å²) in [5, 5.41) is 3.19. The molecule has 1 heterocycles. The van der Waals surface area contributed by atoms with Crippen LogP contribution in [-0.4, -0.2) is 39.0 Å². The Morgan fingerprint density at radius 1 is 0.971 bits per heavy atom. The summed E-state index contributed by atoms with van der Waals surface area (Å²) < 4.78 is 33.3. The highest BCUT2D eigenvalue weighted by molar-refractivity contribution is 7.92. The highest BCUT2D eigenvalue weighted by Crippen LogP contribution is 2.55. The summed E-state index contributed by atoms with van der Waals surface area (Å²) in [6, 6.07) is 13.3. The monoisotopic (exact) mass is 494 g/mol. The zero-order valence-corrected chi connectivity index (χ0v) is 20.4. The Labute approximate surface area is 205 Å². The molecule has 2 aromatic rings. The lowest BCUT2D eigenvalue weighted by Crippen LogP contribution is -2.60. The van der Waals surface area contributed by atoms with E-state index in [-0.39, 0.29) is 28.5 Å². The summed E-state index contributed by atoms with van der Waals surface area (Å²) in [7, 11) is -3.82. The number of hydrogen-bond donors (Lipinski definition) is 1. The molecule has 4 aliphatic carbocycles. The third-order valence-electron chi connectivity index (χ3n) is 8.28. The van der Waals surface area contributed by atoms with Crippen LogP contribution in [0.1, 0.15) is 54.4 Å². The number of anilines is 1. The Morgan fingerprint density at radius 2 is 1.66 bits per heavy atom. The predicted octanol–water partition coefficient (Wildman–Crippen LogP) is 3.68. The predicted molar refractivity (Wildman–Crippen MR) is 130 cm³/mol. The number of sulfonamides is 1. The number of carbonyl (C=O) groups excluding carboxylic acids is 2. The zero-order chi connectivity index (χ0) is 24.2. The lowest BCUT2D eigenvalue weighted by atomic mass is 9.53. The van der Waals surface area contributed by atoms with Gasteiger partial charge in [-0.25, -0.2) is 13.2 Å². The molecule has 0 aromatic heterocycles. The van der Waals surface area contributed by atoms with Crippen molar-refractivity contribution < 1.29 is 22.7 Å². The van der Waals surface area contributed by atoms with Gasteiger partial charge in [0.2, 0.25) is 0 Å². The smallest absolute Gasteiger partial charge is 0.338 e. The van der Waals surface area contributed by atoms with E-state index in [1.165, 1.54) is 47.8 Å². The van der Waals surface area contributed by atoms with Crippen molar-refractivity contribution in [3.63, 3.8) is 0 Å². The van der Waals surface area contributed by atoms with Gasteiger partial charge in [-0.05, 0) is 92.5 Å². The van der Waals surface area contributed by atoms with E-state index >= 15 is 0 Å². The molecule has 2 aromatic carbocycles. The summed E-state index contributed by atoms with van der Waals surface area (Å²) in [4.78, 5) is 25.4. The number of fused-ring (bicyclic) bond motifs is 1. The van der Waals surface area contributed by atoms with Crippen LogP contribution in [0.5, 0.6) is 0 Å². The Bertz CT molecular complexity index is 1250. The largest absolute Gasteiger partial charge is 0.452 e. The molecule has 0 atom stereocenters. The first-order chi connectivity index (χ1) is 16.8. The fourth-order valence-corrected chi connectivity index (χ4v) is 8.83. The van der Waals surface area contributed by atoms with Gasteiger partial charge in [-0.1, -0.05) is 24.3 Å². The molecule has 1 aliphatic heterocycles. The summed E-state index contributed by atoms with van der Waals surface area (Å²) in [5.41, 5.74) is 1.62. The number of amides is 1. The summed E-state index contributed by atoms with van der Waals surface area (Å²) >= 11 is 0. The van der Waals surface area contributed by atoms with E-state index in [0.29, 0.717) is 36.4 Å². The Hall–Kier alpha value is -2.87. The number of esters is 1. The van der Waals surface area contributed by atoms with Gasteiger partial charge in [0.05, 0.1) is 16.1 Å². The van der Waals surface area contributed by atoms with Gasteiger partial charge < -0.3 is 10.1 Å². The van der Waals surface area contributed by atoms with Crippen LogP contribution in [0, 0.1) is 17.8 Å². The number of nitrogens with one attached hydrogen (secondary N) is 1. The molecule has 0 spiro atoms. The highest BCUT2D eigenvalue weighted by atomic mass is 32.2. The maximum Gasteiger partial charge on any atom is 0.338 e. The van der Waals surface area contributed by atoms with Crippen LogP contribution in [-0.2, 0) is 26.0 Å². The topological polar surface area (TPSA) is 92.8 Å². The van der Waals surface area contributed by atoms with Crippen molar-refractivity contribution in [2.75, 3.05) is 17.5 Å². The average molecular weight is 495 g/mol. The molecule has 5 aliphatic rings. The Morgan fingerprint density at radius 3 is 2.37 bits per heavy atom. The summed E-state index contributed by atoms with van der Waals surface area (Å²) in [6.45, 7) is -0.00208. The van der Waals surface area contributed by atoms with Gasteiger partial charge in [-0.3, -0.25) is 9.10 Å². The van der Waals surface area contributed by atoms with Gasteiger partial charge in [-0.15, -0.1) is 0 Å². The van der Waals surface area contributed by atoms with Gasteiger partial charge >= 0.3 is 5.97 Å². The van der Waals surface area contributed by atoms with Crippen molar-refractivity contribution in [2.24, 2.45) is 17.8 Å². The van der Waals surface area contributed by atoms with Gasteiger partial charge in [-0.2, -0.15) is 0 Å². The van der Waals surface area contributed by atoms with Crippen molar-refractivity contribution in [1.29, 1.82) is 0 Å². The average Bonchev–Trinajstić information content (AvgIpc) is 3.26. The van der Waals surface area contributed by atoms with E-state index in [4.69, 9.17) is 4.74 Å². The minimum atomic E-state index is -3.82. The Kier molecular flexibility index (Phi) is 5.40. The molecule has 184 valence electrons. The summed E-state index contributed by atoms with van der Waals surface area (Å²) in [5.74, 6) is 1.13. The highest BCUT2D eigenvalue weighted by Gasteiger charge is 2.51. The third-order valence-corrected chi connectivity index (χ3v) is 10.1. The molecular weight excluding hydrogens is 464 g/mol. The first kappa shape index (κ1) is 22.6. The van der Waals surface area contributed by atoms with Crippen molar-refractivity contribution in [1.82, 2.24) is 5.32 Å². The van der Waals surface area contributed by atoms with E-state index in [2.05, 4.69) is 5.32 Å². The number of rotatable bonds is 6. The minimum Gasteiger partial charge on any atom is -0.452 e. The van der Waals surface area contributed by atoms with Crippen LogP contribution in [0.3, 0.4) is 0 Å². The number of ether oxygens (including phenoxy) is 1. The Balaban J connectivity index is 1.11. The van der Waals surface area contributed by atoms with Crippen molar-refractivity contribution >= 4 is 27.6 Å². The van der Waals surface area contributed by atoms with Crippen LogP contribution in [0.25, 0.3) is 0 Å². The molecule has 4 fully saturated rings. The molecule has 35 heavy (non-hydrogen) atoms. The van der Waals surface area contributed by atoms with E-state index in [9.17, 15) is 18.0 Å². The molecular formula is C27H30N2O5S. The zero-order valence-electron chi connectivity index (χ0n) is 19.6. The van der Waals surface area contributed by atoms with Crippen LogP contribution in [0.4, 0.5) is 5.69 Å². The van der Waals surface area contributed by atoms with Crippen LogP contribution in [0.15, 0.2) is 53.4 Å². The second kappa shape index (κ2) is 8.36. The fourth-order valence-electron chi connectivity index (χ4n) is 7.28. The molecule has 0 unspecified atom stereocenters. The molecule has 0 saturated heterocycles. The molecule has 7 nitrogen and oxygen atoms in total. The normalized spacial score (nSPS) is 28.6. The number of para-hydroxylation sites is 1. The van der Waals surface area contributed by atoms with Crippen LogP contribution < -0.4 is 9.62 Å². The van der Waals surface area contributed by atoms with E-state index < -0.39 is 16.0 Å². The second-order valence-electron chi connectivity index (χ2n) is 10.8. The molecule has 1 amide bonds. The van der Waals surface area contributed by atoms with Crippen molar-refractivity contribution in [3.05, 3.63) is 59.7 Å². The van der Waals surface area contributed by atoms with Crippen molar-refractivity contribution in [3.8, 4) is 0 Å². The first-order valence-electron chi connectivity index (χ1n) is 12.5. The third kappa shape index (κ3) is 4.11. The van der Waals surface area contributed by atoms with Gasteiger partial charge in [0.1, 0.15) is 0 Å². The number of benzene rings is 2. The standard InChI is InChI=1S/C27H30N2O5S/c30-25(28-27-14-18-10-19(15-27)12-20(11-18)16-27)17-34-26(31)22-5-3-6-23(13-22)35(32,33)29-9-8-21-4-1-2-7-24(21)29/h1-7,13,18-20H,8-12,14-17H2,(H,28,30). The van der Waals surface area contributed by atoms with E-state index in [0.717, 1.165) is 24.8 Å².